The normalized spacial score (nSPS) is 30.5. The summed E-state index contributed by atoms with van der Waals surface area (Å²) in [7, 11) is 1.60. The Morgan fingerprint density at radius 2 is 2.08 bits per heavy atom. The van der Waals surface area contributed by atoms with Gasteiger partial charge >= 0.3 is 0 Å². The number of methoxy groups -OCH3 is 1. The molecule has 4 rings (SSSR count). The Hall–Kier alpha value is -2.08. The molecule has 1 aliphatic heterocycles. The van der Waals surface area contributed by atoms with E-state index < -0.39 is 0 Å². The zero-order valence-electron chi connectivity index (χ0n) is 15.2. The molecule has 2 saturated carbocycles. The van der Waals surface area contributed by atoms with Crippen LogP contribution >= 0.6 is 0 Å². The summed E-state index contributed by atoms with van der Waals surface area (Å²) < 4.78 is 5.44. The first kappa shape index (κ1) is 17.3. The zero-order valence-corrected chi connectivity index (χ0v) is 15.2. The van der Waals surface area contributed by atoms with Crippen LogP contribution in [-0.4, -0.2) is 31.5 Å². The molecule has 4 atom stereocenters. The molecular weight excluding hydrogens is 330 g/mol. The van der Waals surface area contributed by atoms with Gasteiger partial charge in [0.05, 0.1) is 18.7 Å². The topological polar surface area (TPSA) is 84.7 Å². The number of hydrogen-bond acceptors (Lipinski definition) is 4. The van der Waals surface area contributed by atoms with Gasteiger partial charge in [-0.25, -0.2) is 0 Å². The zero-order chi connectivity index (χ0) is 18.3. The van der Waals surface area contributed by atoms with E-state index in [2.05, 4.69) is 5.32 Å². The van der Waals surface area contributed by atoms with Crippen molar-refractivity contribution in [3.63, 3.8) is 0 Å². The number of ether oxygens (including phenoxy) is 1. The Bertz CT molecular complexity index is 718. The molecular formula is C20H27N3O3. The number of benzene rings is 1. The number of amides is 2. The highest BCUT2D eigenvalue weighted by molar-refractivity contribution is 5.98. The monoisotopic (exact) mass is 357 g/mol. The van der Waals surface area contributed by atoms with Gasteiger partial charge in [-0.2, -0.15) is 0 Å². The number of fused-ring (bicyclic) bond motifs is 2. The van der Waals surface area contributed by atoms with E-state index in [4.69, 9.17) is 10.5 Å². The van der Waals surface area contributed by atoms with Gasteiger partial charge in [-0.05, 0) is 62.1 Å². The highest BCUT2D eigenvalue weighted by Gasteiger charge is 2.49. The molecule has 0 radical (unpaired) electrons. The summed E-state index contributed by atoms with van der Waals surface area (Å²) in [6.45, 7) is 0.684. The fraction of sp³-hybridized carbons (Fsp3) is 0.600. The minimum Gasteiger partial charge on any atom is -0.495 e. The van der Waals surface area contributed by atoms with Gasteiger partial charge in [0.1, 0.15) is 5.75 Å². The Morgan fingerprint density at radius 3 is 2.77 bits per heavy atom. The average molecular weight is 357 g/mol. The van der Waals surface area contributed by atoms with E-state index in [1.54, 1.807) is 12.0 Å². The number of hydrogen-bond donors (Lipinski definition) is 2. The molecule has 1 saturated heterocycles. The van der Waals surface area contributed by atoms with E-state index in [-0.39, 0.29) is 23.8 Å². The summed E-state index contributed by atoms with van der Waals surface area (Å²) in [5.41, 5.74) is 7.72. The lowest BCUT2D eigenvalue weighted by Crippen LogP contribution is -2.42. The minimum atomic E-state index is -0.101. The lowest BCUT2D eigenvalue weighted by molar-refractivity contribution is -0.122. The van der Waals surface area contributed by atoms with Gasteiger partial charge < -0.3 is 20.7 Å². The van der Waals surface area contributed by atoms with Crippen LogP contribution in [0.15, 0.2) is 18.2 Å². The van der Waals surface area contributed by atoms with Crippen LogP contribution in [-0.2, 0) is 9.59 Å². The van der Waals surface area contributed by atoms with Crippen molar-refractivity contribution < 1.29 is 14.3 Å². The van der Waals surface area contributed by atoms with E-state index in [9.17, 15) is 9.59 Å². The minimum absolute atomic E-state index is 0.00536. The van der Waals surface area contributed by atoms with Crippen molar-refractivity contribution in [3.05, 3.63) is 18.2 Å². The predicted molar refractivity (Wildman–Crippen MR) is 100 cm³/mol. The van der Waals surface area contributed by atoms with Gasteiger partial charge in [-0.3, -0.25) is 9.59 Å². The Labute approximate surface area is 154 Å². The molecule has 3 aliphatic rings. The molecule has 2 bridgehead atoms. The van der Waals surface area contributed by atoms with E-state index in [0.717, 1.165) is 37.8 Å². The van der Waals surface area contributed by atoms with Crippen LogP contribution in [0.3, 0.4) is 0 Å². The molecule has 3 fully saturated rings. The van der Waals surface area contributed by atoms with Crippen molar-refractivity contribution in [2.75, 3.05) is 23.9 Å². The summed E-state index contributed by atoms with van der Waals surface area (Å²) in [5, 5.41) is 3.03. The second-order valence-corrected chi connectivity index (χ2v) is 7.81. The number of carbonyl (C=O) groups is 2. The molecule has 6 nitrogen and oxygen atoms in total. The maximum Gasteiger partial charge on any atom is 0.229 e. The Balaban J connectivity index is 1.54. The smallest absolute Gasteiger partial charge is 0.229 e. The van der Waals surface area contributed by atoms with Gasteiger partial charge in [0, 0.05) is 24.7 Å². The fourth-order valence-electron chi connectivity index (χ4n) is 4.99. The number of nitrogens with one attached hydrogen (secondary N) is 1. The van der Waals surface area contributed by atoms with Gasteiger partial charge in [0.15, 0.2) is 0 Å². The largest absolute Gasteiger partial charge is 0.495 e. The Kier molecular flexibility index (Phi) is 4.61. The number of nitrogens with two attached hydrogens (primary N) is 1. The van der Waals surface area contributed by atoms with E-state index in [1.165, 1.54) is 0 Å². The van der Waals surface area contributed by atoms with Crippen LogP contribution in [0.2, 0.25) is 0 Å². The summed E-state index contributed by atoms with van der Waals surface area (Å²) in [5.74, 6) is 1.56. The van der Waals surface area contributed by atoms with Gasteiger partial charge in [-0.15, -0.1) is 0 Å². The number of piperidine rings is 1. The standard InChI is InChI=1S/C20H27N3O3/c1-26-16-8-7-14(11-15(16)23-9-3-2-4-17(23)24)22-20(25)18-12-5-6-13(10-12)19(18)21/h7-8,11-13,18-19H,2-6,9-10,21H2,1H3,(H,22,25). The van der Waals surface area contributed by atoms with Gasteiger partial charge in [0.25, 0.3) is 0 Å². The molecule has 1 aromatic carbocycles. The van der Waals surface area contributed by atoms with E-state index >= 15 is 0 Å². The molecule has 1 aromatic rings. The van der Waals surface area contributed by atoms with Crippen LogP contribution in [0.5, 0.6) is 5.75 Å². The molecule has 6 heteroatoms. The van der Waals surface area contributed by atoms with Crippen LogP contribution < -0.4 is 20.7 Å². The maximum absolute atomic E-state index is 12.8. The first-order valence-corrected chi connectivity index (χ1v) is 9.63. The lowest BCUT2D eigenvalue weighted by Gasteiger charge is -2.29. The molecule has 26 heavy (non-hydrogen) atoms. The molecule has 2 aliphatic carbocycles. The molecule has 1 heterocycles. The fourth-order valence-corrected chi connectivity index (χ4v) is 4.99. The Morgan fingerprint density at radius 1 is 1.27 bits per heavy atom. The van der Waals surface area contributed by atoms with Crippen molar-refractivity contribution in [1.82, 2.24) is 0 Å². The molecule has 0 aromatic heterocycles. The van der Waals surface area contributed by atoms with Gasteiger partial charge in [0.2, 0.25) is 11.8 Å². The quantitative estimate of drug-likeness (QED) is 0.867. The van der Waals surface area contributed by atoms with Crippen molar-refractivity contribution in [3.8, 4) is 5.75 Å². The molecule has 3 N–H and O–H groups in total. The van der Waals surface area contributed by atoms with Crippen LogP contribution in [0.4, 0.5) is 11.4 Å². The van der Waals surface area contributed by atoms with Crippen molar-refractivity contribution in [2.24, 2.45) is 23.5 Å². The van der Waals surface area contributed by atoms with Crippen molar-refractivity contribution in [1.29, 1.82) is 0 Å². The highest BCUT2D eigenvalue weighted by atomic mass is 16.5. The number of anilines is 2. The summed E-state index contributed by atoms with van der Waals surface area (Å²) in [4.78, 5) is 26.9. The lowest BCUT2D eigenvalue weighted by atomic mass is 9.84. The third-order valence-electron chi connectivity index (χ3n) is 6.34. The maximum atomic E-state index is 12.8. The van der Waals surface area contributed by atoms with Crippen LogP contribution in [0.25, 0.3) is 0 Å². The second-order valence-electron chi connectivity index (χ2n) is 7.81. The summed E-state index contributed by atoms with van der Waals surface area (Å²) in [6, 6.07) is 5.45. The van der Waals surface area contributed by atoms with Crippen molar-refractivity contribution >= 4 is 23.2 Å². The third kappa shape index (κ3) is 2.96. The average Bonchev–Trinajstić information content (AvgIpc) is 3.23. The first-order valence-electron chi connectivity index (χ1n) is 9.63. The summed E-state index contributed by atoms with van der Waals surface area (Å²) >= 11 is 0. The SMILES string of the molecule is COc1ccc(NC(=O)C2C3CCC(C3)C2N)cc1N1CCCCC1=O. The number of carbonyl (C=O) groups excluding carboxylic acids is 2. The third-order valence-corrected chi connectivity index (χ3v) is 6.34. The first-order chi connectivity index (χ1) is 12.6. The second kappa shape index (κ2) is 6.91. The van der Waals surface area contributed by atoms with E-state index in [0.29, 0.717) is 36.2 Å². The van der Waals surface area contributed by atoms with Crippen LogP contribution in [0.1, 0.15) is 38.5 Å². The van der Waals surface area contributed by atoms with Crippen molar-refractivity contribution in [2.45, 2.75) is 44.6 Å². The number of rotatable bonds is 4. The molecule has 4 unspecified atom stereocenters. The predicted octanol–water partition coefficient (Wildman–Crippen LogP) is 2.52. The highest BCUT2D eigenvalue weighted by Crippen LogP contribution is 2.48. The molecule has 140 valence electrons. The van der Waals surface area contributed by atoms with Crippen LogP contribution in [0, 0.1) is 17.8 Å². The molecule has 0 spiro atoms. The molecule has 2 amide bonds. The van der Waals surface area contributed by atoms with E-state index in [1.807, 2.05) is 18.2 Å². The number of nitrogens with zero attached hydrogens (tertiary/aromatic N) is 1. The van der Waals surface area contributed by atoms with Gasteiger partial charge in [-0.1, -0.05) is 0 Å². The summed E-state index contributed by atoms with van der Waals surface area (Å²) in [6.07, 6.45) is 5.79.